The minimum atomic E-state index is -0.616. The largest absolute Gasteiger partial charge is 0.352 e. The second-order valence-electron chi connectivity index (χ2n) is 7.47. The maximum atomic E-state index is 13.2. The van der Waals surface area contributed by atoms with E-state index in [1.54, 1.807) is 24.0 Å². The minimum absolute atomic E-state index is 0.0107. The Morgan fingerprint density at radius 2 is 1.76 bits per heavy atom. The Morgan fingerprint density at radius 1 is 1.07 bits per heavy atom. The molecule has 0 heterocycles. The molecule has 0 saturated heterocycles. The van der Waals surface area contributed by atoms with Gasteiger partial charge in [0.1, 0.15) is 11.9 Å². The van der Waals surface area contributed by atoms with Crippen LogP contribution in [0.3, 0.4) is 0 Å². The van der Waals surface area contributed by atoms with Crippen LogP contribution in [0.25, 0.3) is 0 Å². The summed E-state index contributed by atoms with van der Waals surface area (Å²) in [5.74, 6) is 0.363. The maximum Gasteiger partial charge on any atom is 0.242 e. The molecular formula is C23H29FN2O2S. The van der Waals surface area contributed by atoms with Gasteiger partial charge in [-0.15, -0.1) is 11.8 Å². The first-order chi connectivity index (χ1) is 13.8. The van der Waals surface area contributed by atoms with E-state index < -0.39 is 6.04 Å². The molecule has 1 atom stereocenters. The number of hydrogen-bond acceptors (Lipinski definition) is 3. The summed E-state index contributed by atoms with van der Waals surface area (Å²) < 4.78 is 13.2. The van der Waals surface area contributed by atoms with Crippen LogP contribution in [-0.4, -0.2) is 34.6 Å². The second-order valence-corrected chi connectivity index (χ2v) is 8.45. The number of hydrogen-bond donors (Lipinski definition) is 1. The molecule has 0 aliphatic rings. The van der Waals surface area contributed by atoms with E-state index in [0.29, 0.717) is 0 Å². The Hall–Kier alpha value is -2.34. The highest BCUT2D eigenvalue weighted by Gasteiger charge is 2.26. The van der Waals surface area contributed by atoms with Gasteiger partial charge in [-0.2, -0.15) is 0 Å². The van der Waals surface area contributed by atoms with E-state index in [0.717, 1.165) is 11.3 Å². The summed E-state index contributed by atoms with van der Waals surface area (Å²) in [6.07, 6.45) is 0. The molecule has 156 valence electrons. The summed E-state index contributed by atoms with van der Waals surface area (Å²) in [7, 11) is 0. The van der Waals surface area contributed by atoms with Gasteiger partial charge in [-0.1, -0.05) is 42.0 Å². The zero-order chi connectivity index (χ0) is 21.4. The highest BCUT2D eigenvalue weighted by atomic mass is 32.2. The predicted molar refractivity (Wildman–Crippen MR) is 117 cm³/mol. The van der Waals surface area contributed by atoms with Crippen LogP contribution >= 0.6 is 11.8 Å². The Kier molecular flexibility index (Phi) is 8.70. The smallest absolute Gasteiger partial charge is 0.242 e. The first kappa shape index (κ1) is 22.9. The van der Waals surface area contributed by atoms with Crippen molar-refractivity contribution in [2.75, 3.05) is 5.75 Å². The number of nitrogens with one attached hydrogen (secondary N) is 1. The zero-order valence-electron chi connectivity index (χ0n) is 17.4. The Bertz CT molecular complexity index is 824. The van der Waals surface area contributed by atoms with E-state index in [9.17, 15) is 14.0 Å². The van der Waals surface area contributed by atoms with E-state index in [-0.39, 0.29) is 36.0 Å². The van der Waals surface area contributed by atoms with E-state index in [2.05, 4.69) is 11.4 Å². The summed E-state index contributed by atoms with van der Waals surface area (Å²) in [6, 6.07) is 13.6. The molecule has 2 amide bonds. The monoisotopic (exact) mass is 416 g/mol. The van der Waals surface area contributed by atoms with E-state index in [1.807, 2.05) is 39.0 Å². The van der Waals surface area contributed by atoms with Crippen molar-refractivity contribution in [1.29, 1.82) is 0 Å². The Morgan fingerprint density at radius 3 is 2.38 bits per heavy atom. The van der Waals surface area contributed by atoms with Crippen molar-refractivity contribution in [3.63, 3.8) is 0 Å². The van der Waals surface area contributed by atoms with Crippen molar-refractivity contribution in [3.8, 4) is 0 Å². The molecule has 0 aromatic heterocycles. The number of rotatable bonds is 9. The normalized spacial score (nSPS) is 11.9. The van der Waals surface area contributed by atoms with Crippen LogP contribution in [0.5, 0.6) is 0 Å². The Balaban J connectivity index is 2.06. The number of carbonyl (C=O) groups excluding carboxylic acids is 2. The summed E-state index contributed by atoms with van der Waals surface area (Å²) in [6.45, 7) is 7.79. The number of benzene rings is 2. The quantitative estimate of drug-likeness (QED) is 0.663. The van der Waals surface area contributed by atoms with Crippen LogP contribution in [0, 0.1) is 12.7 Å². The Labute approximate surface area is 176 Å². The van der Waals surface area contributed by atoms with Gasteiger partial charge in [0.2, 0.25) is 11.8 Å². The van der Waals surface area contributed by atoms with Crippen molar-refractivity contribution in [1.82, 2.24) is 10.2 Å². The summed E-state index contributed by atoms with van der Waals surface area (Å²) in [5.41, 5.74) is 3.14. The predicted octanol–water partition coefficient (Wildman–Crippen LogP) is 4.31. The molecule has 2 aromatic rings. The first-order valence-corrected chi connectivity index (χ1v) is 10.9. The lowest BCUT2D eigenvalue weighted by atomic mass is 10.1. The fourth-order valence-electron chi connectivity index (χ4n) is 2.92. The molecule has 0 fully saturated rings. The van der Waals surface area contributed by atoms with Crippen molar-refractivity contribution >= 4 is 23.6 Å². The molecule has 2 aromatic carbocycles. The van der Waals surface area contributed by atoms with Gasteiger partial charge >= 0.3 is 0 Å². The molecular weight excluding hydrogens is 387 g/mol. The molecule has 0 aliphatic carbocycles. The average molecular weight is 417 g/mol. The number of halogens is 1. The fraction of sp³-hybridized carbons (Fsp3) is 0.391. The molecule has 29 heavy (non-hydrogen) atoms. The van der Waals surface area contributed by atoms with Crippen LogP contribution in [0.15, 0.2) is 48.5 Å². The van der Waals surface area contributed by atoms with Gasteiger partial charge in [-0.25, -0.2) is 4.39 Å². The van der Waals surface area contributed by atoms with Gasteiger partial charge in [-0.05, 0) is 51.0 Å². The molecule has 0 aliphatic heterocycles. The van der Waals surface area contributed by atoms with Crippen molar-refractivity contribution in [2.45, 2.75) is 52.1 Å². The zero-order valence-corrected chi connectivity index (χ0v) is 18.3. The second kappa shape index (κ2) is 11.0. The highest BCUT2D eigenvalue weighted by Crippen LogP contribution is 2.17. The number of nitrogens with zero attached hydrogens (tertiary/aromatic N) is 1. The maximum absolute atomic E-state index is 13.2. The van der Waals surface area contributed by atoms with Crippen LogP contribution in [0.1, 0.15) is 37.5 Å². The minimum Gasteiger partial charge on any atom is -0.352 e. The van der Waals surface area contributed by atoms with Crippen LogP contribution in [-0.2, 0) is 21.9 Å². The molecule has 4 nitrogen and oxygen atoms in total. The third-order valence-electron chi connectivity index (χ3n) is 4.44. The summed E-state index contributed by atoms with van der Waals surface area (Å²) in [5, 5.41) is 2.86. The SMILES string of the molecule is Cc1cccc(CSCC(=O)N(Cc2ccc(F)cc2)C(C)C(=O)NC(C)C)c1. The van der Waals surface area contributed by atoms with Crippen LogP contribution in [0.4, 0.5) is 4.39 Å². The molecule has 0 radical (unpaired) electrons. The van der Waals surface area contributed by atoms with Crippen LogP contribution < -0.4 is 5.32 Å². The van der Waals surface area contributed by atoms with Gasteiger partial charge in [0.05, 0.1) is 5.75 Å². The molecule has 0 bridgehead atoms. The third-order valence-corrected chi connectivity index (χ3v) is 5.43. The highest BCUT2D eigenvalue weighted by molar-refractivity contribution is 7.99. The number of aryl methyl sites for hydroxylation is 1. The molecule has 2 rings (SSSR count). The first-order valence-electron chi connectivity index (χ1n) is 9.74. The molecule has 1 unspecified atom stereocenters. The van der Waals surface area contributed by atoms with E-state index in [4.69, 9.17) is 0 Å². The van der Waals surface area contributed by atoms with Gasteiger partial charge in [0.15, 0.2) is 0 Å². The van der Waals surface area contributed by atoms with Gasteiger partial charge in [-0.3, -0.25) is 9.59 Å². The molecule has 0 spiro atoms. The summed E-state index contributed by atoms with van der Waals surface area (Å²) in [4.78, 5) is 27.0. The van der Waals surface area contributed by atoms with Gasteiger partial charge < -0.3 is 10.2 Å². The summed E-state index contributed by atoms with van der Waals surface area (Å²) >= 11 is 1.52. The topological polar surface area (TPSA) is 49.4 Å². The number of thioether (sulfide) groups is 1. The van der Waals surface area contributed by atoms with Crippen molar-refractivity contribution < 1.29 is 14.0 Å². The fourth-order valence-corrected chi connectivity index (χ4v) is 3.77. The third kappa shape index (κ3) is 7.54. The van der Waals surface area contributed by atoms with Crippen molar-refractivity contribution in [3.05, 3.63) is 71.0 Å². The lowest BCUT2D eigenvalue weighted by Gasteiger charge is -2.29. The number of carbonyl (C=O) groups is 2. The van der Waals surface area contributed by atoms with E-state index >= 15 is 0 Å². The van der Waals surface area contributed by atoms with Gasteiger partial charge in [0.25, 0.3) is 0 Å². The average Bonchev–Trinajstić information content (AvgIpc) is 2.66. The standard InChI is InChI=1S/C23H29FN2O2S/c1-16(2)25-23(28)18(4)26(13-19-8-10-21(24)11-9-19)22(27)15-29-14-20-7-5-6-17(3)12-20/h5-12,16,18H,13-15H2,1-4H3,(H,25,28). The van der Waals surface area contributed by atoms with Crippen molar-refractivity contribution in [2.24, 2.45) is 0 Å². The molecule has 0 saturated carbocycles. The van der Waals surface area contributed by atoms with Crippen LogP contribution in [0.2, 0.25) is 0 Å². The van der Waals surface area contributed by atoms with Gasteiger partial charge in [0, 0.05) is 18.3 Å². The number of amides is 2. The molecule has 6 heteroatoms. The lowest BCUT2D eigenvalue weighted by Crippen LogP contribution is -2.49. The molecule has 1 N–H and O–H groups in total. The lowest BCUT2D eigenvalue weighted by molar-refractivity contribution is -0.138. The van der Waals surface area contributed by atoms with E-state index in [1.165, 1.54) is 35.0 Å².